The minimum Gasteiger partial charge on any atom is -0.274 e. The summed E-state index contributed by atoms with van der Waals surface area (Å²) in [4.78, 5) is 11.4. The molecule has 92 valence electrons. The van der Waals surface area contributed by atoms with E-state index in [0.29, 0.717) is 19.3 Å². The number of hydrogen-bond acceptors (Lipinski definition) is 4. The van der Waals surface area contributed by atoms with Crippen LogP contribution in [-0.4, -0.2) is 19.9 Å². The highest BCUT2D eigenvalue weighted by molar-refractivity contribution is 7.85. The van der Waals surface area contributed by atoms with Gasteiger partial charge in [-0.3, -0.25) is 4.79 Å². The monoisotopic (exact) mass is 247 g/mol. The molecule has 6 heteroatoms. The Labute approximate surface area is 96.1 Å². The first kappa shape index (κ1) is 13.2. The second-order valence-electron chi connectivity index (χ2n) is 4.38. The highest BCUT2D eigenvalue weighted by Crippen LogP contribution is 2.39. The van der Waals surface area contributed by atoms with Crippen molar-refractivity contribution in [1.29, 1.82) is 0 Å². The van der Waals surface area contributed by atoms with E-state index in [9.17, 15) is 13.2 Å². The molecule has 1 rings (SSSR count). The second-order valence-corrected chi connectivity index (χ2v) is 5.66. The van der Waals surface area contributed by atoms with Gasteiger partial charge in [0, 0.05) is 5.92 Å². The standard InChI is InChI=1S/C10H17NO4S/c1-4-5-8(2)9(12)11-16(13,14)15-10(3)6-7-10/h4,8H,1,5-7H2,2-3H3,(H,11,12). The van der Waals surface area contributed by atoms with Crippen LogP contribution in [0.15, 0.2) is 12.7 Å². The Morgan fingerprint density at radius 3 is 2.62 bits per heavy atom. The fourth-order valence-electron chi connectivity index (χ4n) is 1.13. The van der Waals surface area contributed by atoms with Crippen molar-refractivity contribution in [3.63, 3.8) is 0 Å². The van der Waals surface area contributed by atoms with Crippen molar-refractivity contribution >= 4 is 16.2 Å². The molecule has 1 fully saturated rings. The summed E-state index contributed by atoms with van der Waals surface area (Å²) in [5, 5.41) is 0. The van der Waals surface area contributed by atoms with Gasteiger partial charge in [-0.05, 0) is 26.2 Å². The quantitative estimate of drug-likeness (QED) is 0.714. The number of rotatable bonds is 6. The topological polar surface area (TPSA) is 72.5 Å². The van der Waals surface area contributed by atoms with E-state index in [1.807, 2.05) is 4.72 Å². The summed E-state index contributed by atoms with van der Waals surface area (Å²) in [6.07, 6.45) is 3.40. The van der Waals surface area contributed by atoms with Gasteiger partial charge in [0.2, 0.25) is 5.91 Å². The SMILES string of the molecule is C=CCC(C)C(=O)NS(=O)(=O)OC1(C)CC1. The normalized spacial score (nSPS) is 19.9. The average molecular weight is 247 g/mol. The summed E-state index contributed by atoms with van der Waals surface area (Å²) >= 11 is 0. The van der Waals surface area contributed by atoms with Crippen molar-refractivity contribution in [3.8, 4) is 0 Å². The maximum absolute atomic E-state index is 11.4. The molecule has 1 aliphatic carbocycles. The molecule has 0 heterocycles. The smallest absolute Gasteiger partial charge is 0.274 e. The minimum atomic E-state index is -3.97. The molecule has 5 nitrogen and oxygen atoms in total. The highest BCUT2D eigenvalue weighted by Gasteiger charge is 2.43. The number of hydrogen-bond donors (Lipinski definition) is 1. The number of nitrogens with one attached hydrogen (secondary N) is 1. The Balaban J connectivity index is 2.52. The molecule has 1 unspecified atom stereocenters. The van der Waals surface area contributed by atoms with Crippen LogP contribution < -0.4 is 4.72 Å². The van der Waals surface area contributed by atoms with Crippen LogP contribution >= 0.6 is 0 Å². The van der Waals surface area contributed by atoms with Crippen molar-refractivity contribution in [2.45, 2.75) is 38.7 Å². The first-order valence-electron chi connectivity index (χ1n) is 5.16. The number of carbonyl (C=O) groups excluding carboxylic acids is 1. The van der Waals surface area contributed by atoms with Gasteiger partial charge in [0.15, 0.2) is 0 Å². The zero-order valence-electron chi connectivity index (χ0n) is 9.52. The third-order valence-corrected chi connectivity index (χ3v) is 3.53. The van der Waals surface area contributed by atoms with Crippen LogP contribution in [-0.2, 0) is 19.3 Å². The molecule has 0 radical (unpaired) electrons. The molecule has 0 aromatic heterocycles. The zero-order valence-corrected chi connectivity index (χ0v) is 10.3. The van der Waals surface area contributed by atoms with Crippen LogP contribution in [0.1, 0.15) is 33.1 Å². The molecule has 0 bridgehead atoms. The molecule has 1 N–H and O–H groups in total. The van der Waals surface area contributed by atoms with Crippen LogP contribution in [0.5, 0.6) is 0 Å². The lowest BCUT2D eigenvalue weighted by Gasteiger charge is -2.13. The molecule has 16 heavy (non-hydrogen) atoms. The summed E-state index contributed by atoms with van der Waals surface area (Å²) in [5.74, 6) is -0.993. The Kier molecular flexibility index (Phi) is 3.75. The van der Waals surface area contributed by atoms with E-state index in [1.165, 1.54) is 0 Å². The Hall–Kier alpha value is -0.880. The summed E-state index contributed by atoms with van der Waals surface area (Å²) in [7, 11) is -3.97. The molecule has 0 spiro atoms. The summed E-state index contributed by atoms with van der Waals surface area (Å²) in [6, 6.07) is 0. The van der Waals surface area contributed by atoms with Crippen LogP contribution in [0, 0.1) is 5.92 Å². The van der Waals surface area contributed by atoms with E-state index in [4.69, 9.17) is 4.18 Å². The van der Waals surface area contributed by atoms with Crippen LogP contribution in [0.25, 0.3) is 0 Å². The molecule has 1 saturated carbocycles. The van der Waals surface area contributed by atoms with Gasteiger partial charge in [-0.2, -0.15) is 8.42 Å². The van der Waals surface area contributed by atoms with Crippen LogP contribution in [0.3, 0.4) is 0 Å². The van der Waals surface area contributed by atoms with Gasteiger partial charge in [0.25, 0.3) is 0 Å². The zero-order chi connectivity index (χ0) is 12.4. The average Bonchev–Trinajstić information content (AvgIpc) is 2.81. The molecule has 0 aromatic rings. The van der Waals surface area contributed by atoms with Crippen molar-refractivity contribution in [1.82, 2.24) is 4.72 Å². The van der Waals surface area contributed by atoms with Gasteiger partial charge in [-0.15, -0.1) is 6.58 Å². The van der Waals surface area contributed by atoms with E-state index in [2.05, 4.69) is 6.58 Å². The van der Waals surface area contributed by atoms with Crippen LogP contribution in [0.2, 0.25) is 0 Å². The maximum Gasteiger partial charge on any atom is 0.362 e. The first-order valence-corrected chi connectivity index (χ1v) is 6.57. The molecule has 0 aliphatic heterocycles. The Morgan fingerprint density at radius 1 is 1.62 bits per heavy atom. The van der Waals surface area contributed by atoms with Gasteiger partial charge in [-0.1, -0.05) is 13.0 Å². The maximum atomic E-state index is 11.4. The van der Waals surface area contributed by atoms with Crippen LogP contribution in [0.4, 0.5) is 0 Å². The van der Waals surface area contributed by atoms with Gasteiger partial charge in [0.1, 0.15) is 0 Å². The summed E-state index contributed by atoms with van der Waals surface area (Å²) in [6.45, 7) is 6.82. The fourth-order valence-corrected chi connectivity index (χ4v) is 2.31. The van der Waals surface area contributed by atoms with Gasteiger partial charge >= 0.3 is 10.3 Å². The minimum absolute atomic E-state index is 0.428. The van der Waals surface area contributed by atoms with E-state index in [1.54, 1.807) is 19.9 Å². The van der Waals surface area contributed by atoms with Gasteiger partial charge in [-0.25, -0.2) is 8.91 Å². The first-order chi connectivity index (χ1) is 7.28. The predicted octanol–water partition coefficient (Wildman–Crippen LogP) is 1.13. The third kappa shape index (κ3) is 3.94. The largest absolute Gasteiger partial charge is 0.362 e. The Morgan fingerprint density at radius 2 is 2.19 bits per heavy atom. The number of carbonyl (C=O) groups is 1. The van der Waals surface area contributed by atoms with Crippen molar-refractivity contribution in [2.24, 2.45) is 5.92 Å². The lowest BCUT2D eigenvalue weighted by molar-refractivity contribution is -0.122. The van der Waals surface area contributed by atoms with Crippen molar-refractivity contribution < 1.29 is 17.4 Å². The summed E-state index contributed by atoms with van der Waals surface area (Å²) < 4.78 is 29.6. The van der Waals surface area contributed by atoms with Gasteiger partial charge in [0.05, 0.1) is 5.60 Å². The molecule has 1 atom stereocenters. The van der Waals surface area contributed by atoms with Gasteiger partial charge < -0.3 is 0 Å². The van der Waals surface area contributed by atoms with E-state index in [-0.39, 0.29) is 0 Å². The van der Waals surface area contributed by atoms with Crippen molar-refractivity contribution in [2.75, 3.05) is 0 Å². The second kappa shape index (κ2) is 4.55. The molecule has 1 amide bonds. The summed E-state index contributed by atoms with van der Waals surface area (Å²) in [5.41, 5.74) is -0.617. The molecule has 0 aromatic carbocycles. The molecular weight excluding hydrogens is 230 g/mol. The van der Waals surface area contributed by atoms with E-state index < -0.39 is 27.7 Å². The Bertz CT molecular complexity index is 384. The predicted molar refractivity (Wildman–Crippen MR) is 59.8 cm³/mol. The molecular formula is C10H17NO4S. The van der Waals surface area contributed by atoms with Crippen molar-refractivity contribution in [3.05, 3.63) is 12.7 Å². The fraction of sp³-hybridized carbons (Fsp3) is 0.700. The lowest BCUT2D eigenvalue weighted by Crippen LogP contribution is -2.37. The number of allylic oxidation sites excluding steroid dienone is 1. The van der Waals surface area contributed by atoms with E-state index in [0.717, 1.165) is 0 Å². The number of amides is 1. The highest BCUT2D eigenvalue weighted by atomic mass is 32.2. The molecule has 0 saturated heterocycles. The molecule has 1 aliphatic rings. The van der Waals surface area contributed by atoms with E-state index >= 15 is 0 Å². The third-order valence-electron chi connectivity index (χ3n) is 2.46. The lowest BCUT2D eigenvalue weighted by atomic mass is 10.1.